The SMILES string of the molecule is [B]C([B])([B])n1c(=O)nc(N2CCCc3c(C#CC(C)(C)O)cccc32)c2c(Cl)cccc21. The van der Waals surface area contributed by atoms with Crippen LogP contribution in [0.1, 0.15) is 31.4 Å². The Morgan fingerprint density at radius 2 is 1.88 bits per heavy atom. The molecule has 5 nitrogen and oxygen atoms in total. The number of hydrogen-bond donors (Lipinski definition) is 1. The molecule has 0 amide bonds. The Hall–Kier alpha value is -2.62. The van der Waals surface area contributed by atoms with Crippen LogP contribution in [0.4, 0.5) is 11.5 Å². The number of aromatic nitrogens is 2. The van der Waals surface area contributed by atoms with E-state index in [0.717, 1.165) is 34.2 Å². The van der Waals surface area contributed by atoms with Crippen molar-refractivity contribution in [1.82, 2.24) is 9.55 Å². The summed E-state index contributed by atoms with van der Waals surface area (Å²) in [5, 5.41) is 8.99. The van der Waals surface area contributed by atoms with Crippen LogP contribution in [-0.4, -0.2) is 50.3 Å². The van der Waals surface area contributed by atoms with Crippen molar-refractivity contribution in [3.63, 3.8) is 0 Å². The number of halogens is 1. The highest BCUT2D eigenvalue weighted by Gasteiger charge is 2.27. The van der Waals surface area contributed by atoms with Gasteiger partial charge in [0.1, 0.15) is 11.4 Å². The summed E-state index contributed by atoms with van der Waals surface area (Å²) >= 11 is 6.56. The number of fused-ring (bicyclic) bond motifs is 2. The number of anilines is 2. The molecule has 1 N–H and O–H groups in total. The van der Waals surface area contributed by atoms with Crippen LogP contribution >= 0.6 is 11.6 Å². The fourth-order valence-corrected chi connectivity index (χ4v) is 4.23. The number of hydrogen-bond acceptors (Lipinski definition) is 4. The molecule has 2 aromatic carbocycles. The zero-order valence-electron chi connectivity index (χ0n) is 17.9. The minimum absolute atomic E-state index is 0.394. The van der Waals surface area contributed by atoms with Gasteiger partial charge >= 0.3 is 5.69 Å². The second kappa shape index (κ2) is 8.06. The number of aliphatic hydroxyl groups is 1. The third-order valence-electron chi connectivity index (χ3n) is 5.25. The lowest BCUT2D eigenvalue weighted by Crippen LogP contribution is -2.44. The number of nitrogens with zero attached hydrogens (tertiary/aromatic N) is 3. The Bertz CT molecular complexity index is 1330. The third-order valence-corrected chi connectivity index (χ3v) is 5.56. The number of rotatable bonds is 2. The van der Waals surface area contributed by atoms with Crippen molar-refractivity contribution >= 4 is 57.5 Å². The molecule has 0 spiro atoms. The van der Waals surface area contributed by atoms with E-state index in [1.165, 1.54) is 0 Å². The van der Waals surface area contributed by atoms with Gasteiger partial charge in [0.15, 0.2) is 0 Å². The number of benzene rings is 2. The van der Waals surface area contributed by atoms with Gasteiger partial charge in [0.2, 0.25) is 0 Å². The fraction of sp³-hybridized carbons (Fsp3) is 0.304. The standard InChI is InChI=1S/C23H19B3ClN3O2/c1-22(2,32)12-11-14-6-3-9-17-15(14)7-5-13-29(17)20-19-16(27)8-4-10-18(19)30(21(31)28-20)23(24,25)26/h3-4,6,8-10,32H,5,7,13H2,1-2H3. The van der Waals surface area contributed by atoms with Gasteiger partial charge in [-0.3, -0.25) is 0 Å². The Morgan fingerprint density at radius 3 is 2.56 bits per heavy atom. The molecule has 1 aliphatic heterocycles. The lowest BCUT2D eigenvalue weighted by atomic mass is 9.49. The van der Waals surface area contributed by atoms with Gasteiger partial charge in [-0.1, -0.05) is 40.8 Å². The summed E-state index contributed by atoms with van der Waals surface area (Å²) < 4.78 is 1.04. The molecule has 0 fully saturated rings. The van der Waals surface area contributed by atoms with Crippen LogP contribution in [0.25, 0.3) is 10.9 Å². The molecule has 0 saturated heterocycles. The minimum Gasteiger partial charge on any atom is -0.378 e. The maximum atomic E-state index is 12.9. The van der Waals surface area contributed by atoms with Crippen molar-refractivity contribution < 1.29 is 5.11 Å². The van der Waals surface area contributed by atoms with E-state index in [2.05, 4.69) is 16.8 Å². The molecule has 0 atom stereocenters. The summed E-state index contributed by atoms with van der Waals surface area (Å²) in [6, 6.07) is 10.9. The molecule has 0 aliphatic carbocycles. The van der Waals surface area contributed by atoms with Gasteiger partial charge in [0, 0.05) is 17.8 Å². The predicted octanol–water partition coefficient (Wildman–Crippen LogP) is 2.33. The second-order valence-electron chi connectivity index (χ2n) is 8.44. The van der Waals surface area contributed by atoms with E-state index in [4.69, 9.17) is 35.1 Å². The first-order chi connectivity index (χ1) is 15.0. The summed E-state index contributed by atoms with van der Waals surface area (Å²) in [6.07, 6.45) is 1.63. The highest BCUT2D eigenvalue weighted by molar-refractivity contribution is 6.56. The Kier molecular flexibility index (Phi) is 5.69. The molecule has 0 bridgehead atoms. The van der Waals surface area contributed by atoms with Crippen molar-refractivity contribution in [3.8, 4) is 11.8 Å². The average Bonchev–Trinajstić information content (AvgIpc) is 2.69. The maximum absolute atomic E-state index is 12.9. The van der Waals surface area contributed by atoms with Crippen molar-refractivity contribution in [1.29, 1.82) is 0 Å². The van der Waals surface area contributed by atoms with E-state index in [0.29, 0.717) is 28.3 Å². The van der Waals surface area contributed by atoms with Crippen molar-refractivity contribution in [2.24, 2.45) is 0 Å². The van der Waals surface area contributed by atoms with Crippen molar-refractivity contribution in [2.75, 3.05) is 11.4 Å². The molecule has 154 valence electrons. The zero-order valence-corrected chi connectivity index (χ0v) is 18.6. The van der Waals surface area contributed by atoms with Crippen LogP contribution in [0, 0.1) is 11.8 Å². The molecule has 32 heavy (non-hydrogen) atoms. The van der Waals surface area contributed by atoms with Crippen LogP contribution in [0.5, 0.6) is 0 Å². The van der Waals surface area contributed by atoms with E-state index < -0.39 is 16.5 Å². The fourth-order valence-electron chi connectivity index (χ4n) is 3.97. The van der Waals surface area contributed by atoms with Crippen LogP contribution in [0.3, 0.4) is 0 Å². The van der Waals surface area contributed by atoms with Crippen LogP contribution in [-0.2, 0) is 11.7 Å². The van der Waals surface area contributed by atoms with Crippen LogP contribution in [0.15, 0.2) is 41.2 Å². The molecule has 4 rings (SSSR count). The van der Waals surface area contributed by atoms with Gasteiger partial charge in [-0.15, -0.1) is 0 Å². The van der Waals surface area contributed by atoms with Crippen LogP contribution in [0.2, 0.25) is 5.02 Å². The molecule has 6 radical (unpaired) electrons. The normalized spacial score (nSPS) is 14.1. The molecule has 9 heteroatoms. The average molecular weight is 437 g/mol. The van der Waals surface area contributed by atoms with Gasteiger partial charge in [0.05, 0.1) is 39.5 Å². The first kappa shape index (κ1) is 22.6. The quantitative estimate of drug-likeness (QED) is 0.494. The molecular weight excluding hydrogens is 418 g/mol. The lowest BCUT2D eigenvalue weighted by Gasteiger charge is -2.33. The molecule has 3 aromatic rings. The van der Waals surface area contributed by atoms with E-state index >= 15 is 0 Å². The monoisotopic (exact) mass is 437 g/mol. The van der Waals surface area contributed by atoms with Crippen molar-refractivity contribution in [3.05, 3.63) is 63.0 Å². The van der Waals surface area contributed by atoms with Crippen LogP contribution < -0.4 is 10.6 Å². The first-order valence-corrected chi connectivity index (χ1v) is 10.6. The maximum Gasteiger partial charge on any atom is 0.348 e. The molecule has 2 heterocycles. The summed E-state index contributed by atoms with van der Waals surface area (Å²) in [4.78, 5) is 19.2. The Labute approximate surface area is 196 Å². The minimum atomic E-state index is -1.94. The van der Waals surface area contributed by atoms with Gasteiger partial charge < -0.3 is 14.6 Å². The second-order valence-corrected chi connectivity index (χ2v) is 8.85. The van der Waals surface area contributed by atoms with E-state index in [1.54, 1.807) is 32.0 Å². The van der Waals surface area contributed by atoms with E-state index in [9.17, 15) is 9.90 Å². The molecular formula is C23H19B3ClN3O2. The molecule has 0 unspecified atom stereocenters. The summed E-state index contributed by atoms with van der Waals surface area (Å²) in [5.74, 6) is 6.36. The highest BCUT2D eigenvalue weighted by Crippen LogP contribution is 2.39. The third kappa shape index (κ3) is 4.20. The largest absolute Gasteiger partial charge is 0.378 e. The van der Waals surface area contributed by atoms with E-state index in [-0.39, 0.29) is 0 Å². The van der Waals surface area contributed by atoms with Gasteiger partial charge in [-0.25, -0.2) is 4.79 Å². The highest BCUT2D eigenvalue weighted by atomic mass is 35.5. The smallest absolute Gasteiger partial charge is 0.348 e. The summed E-state index contributed by atoms with van der Waals surface area (Å²) in [7, 11) is 17.6. The summed E-state index contributed by atoms with van der Waals surface area (Å²) in [5.41, 5.74) is 1.34. The molecule has 1 aliphatic rings. The lowest BCUT2D eigenvalue weighted by molar-refractivity contribution is 0.143. The predicted molar refractivity (Wildman–Crippen MR) is 131 cm³/mol. The summed E-state index contributed by atoms with van der Waals surface area (Å²) in [6.45, 7) is 3.91. The topological polar surface area (TPSA) is 58.4 Å². The van der Waals surface area contributed by atoms with Gasteiger partial charge in [-0.2, -0.15) is 4.98 Å². The van der Waals surface area contributed by atoms with Gasteiger partial charge in [0.25, 0.3) is 0 Å². The Morgan fingerprint density at radius 1 is 1.16 bits per heavy atom. The Balaban J connectivity index is 1.97. The van der Waals surface area contributed by atoms with E-state index in [1.807, 2.05) is 23.1 Å². The molecule has 1 aromatic heterocycles. The molecule has 0 saturated carbocycles. The zero-order chi connectivity index (χ0) is 23.3. The van der Waals surface area contributed by atoms with Gasteiger partial charge in [-0.05, 0) is 56.5 Å². The van der Waals surface area contributed by atoms with Crippen molar-refractivity contribution in [2.45, 2.75) is 37.5 Å². The first-order valence-electron chi connectivity index (χ1n) is 10.2.